The number of rotatable bonds is 1. The summed E-state index contributed by atoms with van der Waals surface area (Å²) in [6.07, 6.45) is 2.19. The van der Waals surface area contributed by atoms with Crippen molar-refractivity contribution in [3.63, 3.8) is 0 Å². The SMILES string of the molecule is Cc1cc2ncnn2cc1[B-](F)(F)F.[K+]. The van der Waals surface area contributed by atoms with Gasteiger partial charge < -0.3 is 12.9 Å². The van der Waals surface area contributed by atoms with Crippen LogP contribution in [-0.2, 0) is 0 Å². The third-order valence-electron chi connectivity index (χ3n) is 2.02. The summed E-state index contributed by atoms with van der Waals surface area (Å²) in [5.74, 6) is 0. The molecule has 0 N–H and O–H groups in total. The minimum atomic E-state index is -4.98. The van der Waals surface area contributed by atoms with Crippen LogP contribution in [0.2, 0.25) is 0 Å². The van der Waals surface area contributed by atoms with Crippen LogP contribution in [0.3, 0.4) is 0 Å². The summed E-state index contributed by atoms with van der Waals surface area (Å²) in [6.45, 7) is -3.56. The predicted octanol–water partition coefficient (Wildman–Crippen LogP) is -1.90. The zero-order valence-electron chi connectivity index (χ0n) is 8.28. The first-order valence-corrected chi connectivity index (χ1v) is 3.98. The third-order valence-corrected chi connectivity index (χ3v) is 2.02. The predicted molar refractivity (Wildman–Crippen MR) is 46.4 cm³/mol. The van der Waals surface area contributed by atoms with E-state index in [1.54, 1.807) is 0 Å². The van der Waals surface area contributed by atoms with Crippen molar-refractivity contribution in [1.29, 1.82) is 0 Å². The molecule has 2 rings (SSSR count). The number of aromatic nitrogens is 3. The number of hydrogen-bond acceptors (Lipinski definition) is 2. The van der Waals surface area contributed by atoms with Gasteiger partial charge in [-0.2, -0.15) is 5.10 Å². The number of pyridine rings is 1. The van der Waals surface area contributed by atoms with E-state index in [0.29, 0.717) is 5.65 Å². The average molecular weight is 239 g/mol. The Labute approximate surface area is 127 Å². The molecule has 74 valence electrons. The van der Waals surface area contributed by atoms with Gasteiger partial charge in [0.15, 0.2) is 5.65 Å². The Balaban J connectivity index is 0.00000112. The maximum absolute atomic E-state index is 12.5. The van der Waals surface area contributed by atoms with E-state index in [1.165, 1.54) is 19.3 Å². The van der Waals surface area contributed by atoms with E-state index in [9.17, 15) is 12.9 Å². The van der Waals surface area contributed by atoms with E-state index >= 15 is 0 Å². The van der Waals surface area contributed by atoms with E-state index in [2.05, 4.69) is 10.1 Å². The quantitative estimate of drug-likeness (QED) is 0.544. The zero-order chi connectivity index (χ0) is 10.3. The molecule has 0 unspecified atom stereocenters. The molecule has 0 atom stereocenters. The van der Waals surface area contributed by atoms with Crippen molar-refractivity contribution < 1.29 is 64.3 Å². The van der Waals surface area contributed by atoms with E-state index in [4.69, 9.17) is 0 Å². The molecule has 0 aromatic carbocycles. The van der Waals surface area contributed by atoms with E-state index < -0.39 is 12.4 Å². The van der Waals surface area contributed by atoms with Crippen LogP contribution in [0.5, 0.6) is 0 Å². The van der Waals surface area contributed by atoms with Gasteiger partial charge in [0.1, 0.15) is 6.33 Å². The molecule has 8 heteroatoms. The Kier molecular flexibility index (Phi) is 3.99. The van der Waals surface area contributed by atoms with Crippen molar-refractivity contribution in [3.8, 4) is 0 Å². The summed E-state index contributed by atoms with van der Waals surface area (Å²) in [6, 6.07) is 1.37. The minimum Gasteiger partial charge on any atom is -0.445 e. The summed E-state index contributed by atoms with van der Waals surface area (Å²) in [5, 5.41) is 3.65. The number of aryl methyl sites for hydroxylation is 1. The molecule has 0 saturated heterocycles. The van der Waals surface area contributed by atoms with Gasteiger partial charge in [-0.3, -0.25) is 0 Å². The second-order valence-corrected chi connectivity index (χ2v) is 3.05. The molecule has 0 spiro atoms. The molecule has 3 nitrogen and oxygen atoms in total. The Morgan fingerprint density at radius 3 is 2.60 bits per heavy atom. The average Bonchev–Trinajstić information content (AvgIpc) is 2.47. The van der Waals surface area contributed by atoms with Crippen molar-refractivity contribution >= 4 is 18.1 Å². The van der Waals surface area contributed by atoms with Crippen LogP contribution in [-0.4, -0.2) is 21.6 Å². The Morgan fingerprint density at radius 2 is 2.00 bits per heavy atom. The zero-order valence-corrected chi connectivity index (χ0v) is 11.4. The Morgan fingerprint density at radius 1 is 1.33 bits per heavy atom. The molecule has 2 aromatic heterocycles. The van der Waals surface area contributed by atoms with Crippen LogP contribution in [0.4, 0.5) is 12.9 Å². The van der Waals surface area contributed by atoms with Gasteiger partial charge in [0.2, 0.25) is 0 Å². The van der Waals surface area contributed by atoms with Crippen LogP contribution in [0.1, 0.15) is 5.56 Å². The molecule has 2 heterocycles. The first-order valence-electron chi connectivity index (χ1n) is 3.98. The van der Waals surface area contributed by atoms with Gasteiger partial charge in [0, 0.05) is 6.20 Å². The summed E-state index contributed by atoms with van der Waals surface area (Å²) >= 11 is 0. The van der Waals surface area contributed by atoms with Gasteiger partial charge in [0.25, 0.3) is 0 Å². The summed E-state index contributed by atoms with van der Waals surface area (Å²) in [7, 11) is 0. The van der Waals surface area contributed by atoms with Crippen molar-refractivity contribution in [2.45, 2.75) is 6.92 Å². The van der Waals surface area contributed by atoms with Crippen molar-refractivity contribution in [1.82, 2.24) is 14.6 Å². The molecule has 0 bridgehead atoms. The van der Waals surface area contributed by atoms with Gasteiger partial charge in [-0.05, 0) is 13.0 Å². The first-order chi connectivity index (χ1) is 6.48. The normalized spacial score (nSPS) is 11.5. The smallest absolute Gasteiger partial charge is 0.445 e. The van der Waals surface area contributed by atoms with Crippen LogP contribution in [0.15, 0.2) is 18.6 Å². The first kappa shape index (κ1) is 13.2. The standard InChI is InChI=1S/C7H6BF3N3.K/c1-5-2-7-12-4-13-14(7)3-6(5)8(9,10)11;/h2-4H,1H3;/q-1;+1. The van der Waals surface area contributed by atoms with E-state index in [1.807, 2.05) is 0 Å². The molecule has 2 aromatic rings. The molecule has 0 aliphatic heterocycles. The monoisotopic (exact) mass is 239 g/mol. The Hall–Kier alpha value is 0.111. The molecule has 0 radical (unpaired) electrons. The largest absolute Gasteiger partial charge is 1.00 e. The van der Waals surface area contributed by atoms with Crippen molar-refractivity contribution in [2.24, 2.45) is 0 Å². The molecule has 0 amide bonds. The number of nitrogens with zero attached hydrogens (tertiary/aromatic N) is 3. The van der Waals surface area contributed by atoms with Crippen LogP contribution in [0.25, 0.3) is 5.65 Å². The van der Waals surface area contributed by atoms with Gasteiger partial charge >= 0.3 is 58.4 Å². The number of hydrogen-bond donors (Lipinski definition) is 0. The van der Waals surface area contributed by atoms with Crippen LogP contribution < -0.4 is 56.8 Å². The van der Waals surface area contributed by atoms with Crippen molar-refractivity contribution in [2.75, 3.05) is 0 Å². The molecule has 0 fully saturated rings. The van der Waals surface area contributed by atoms with Gasteiger partial charge in [0.05, 0.1) is 0 Å². The Bertz CT molecular complexity index is 482. The van der Waals surface area contributed by atoms with Gasteiger partial charge in [-0.25, -0.2) is 9.50 Å². The fourth-order valence-corrected chi connectivity index (χ4v) is 1.31. The maximum Gasteiger partial charge on any atom is 1.00 e. The fraction of sp³-hybridized carbons (Fsp3) is 0.143. The minimum absolute atomic E-state index is 0. The van der Waals surface area contributed by atoms with Gasteiger partial charge in [-0.1, -0.05) is 11.0 Å². The maximum atomic E-state index is 12.5. The van der Waals surface area contributed by atoms with Crippen molar-refractivity contribution in [3.05, 3.63) is 24.2 Å². The molecular weight excluding hydrogens is 233 g/mol. The summed E-state index contributed by atoms with van der Waals surface area (Å²) in [5.41, 5.74) is -0.0210. The fourth-order valence-electron chi connectivity index (χ4n) is 1.31. The number of halogens is 3. The third kappa shape index (κ3) is 2.62. The van der Waals surface area contributed by atoms with Gasteiger partial charge in [-0.15, -0.1) is 0 Å². The molecule has 15 heavy (non-hydrogen) atoms. The van der Waals surface area contributed by atoms with E-state index in [0.717, 1.165) is 10.7 Å². The van der Waals surface area contributed by atoms with Crippen LogP contribution in [0, 0.1) is 6.92 Å². The molecule has 0 aliphatic carbocycles. The molecule has 0 aliphatic rings. The second-order valence-electron chi connectivity index (χ2n) is 3.05. The molecule has 0 saturated carbocycles. The second kappa shape index (κ2) is 4.54. The van der Waals surface area contributed by atoms with E-state index in [-0.39, 0.29) is 56.9 Å². The topological polar surface area (TPSA) is 30.2 Å². The van der Waals surface area contributed by atoms with Crippen LogP contribution >= 0.6 is 0 Å². The summed E-state index contributed by atoms with van der Waals surface area (Å²) < 4.78 is 38.6. The number of fused-ring (bicyclic) bond motifs is 1. The molecular formula is C7H6BF3KN3. The summed E-state index contributed by atoms with van der Waals surface area (Å²) in [4.78, 5) is 3.79.